The molecule has 0 aromatic heterocycles. The third-order valence-electron chi connectivity index (χ3n) is 6.15. The second-order valence-electron chi connectivity index (χ2n) is 9.24. The molecule has 4 rings (SSSR count). The maximum Gasteiger partial charge on any atom is 0.423 e. The Morgan fingerprint density at radius 1 is 0.500 bits per heavy atom. The first-order valence-corrected chi connectivity index (χ1v) is 15.5. The summed E-state index contributed by atoms with van der Waals surface area (Å²) < 4.78 is 20.9. The molecule has 46 heavy (non-hydrogen) atoms. The lowest BCUT2D eigenvalue weighted by Crippen LogP contribution is -2.27. The van der Waals surface area contributed by atoms with Crippen molar-refractivity contribution < 1.29 is 38.1 Å². The van der Waals surface area contributed by atoms with Crippen LogP contribution in [0.1, 0.15) is 31.8 Å². The molecule has 4 aromatic rings. The number of halogens is 6. The Kier molecular flexibility index (Phi) is 12.6. The average Bonchev–Trinajstić information content (AvgIpc) is 3.03. The zero-order valence-corrected chi connectivity index (χ0v) is 27.8. The smallest absolute Gasteiger partial charge is 0.423 e. The predicted molar refractivity (Wildman–Crippen MR) is 175 cm³/mol. The van der Waals surface area contributed by atoms with Crippen LogP contribution in [0.4, 0.5) is 0 Å². The van der Waals surface area contributed by atoms with Gasteiger partial charge < -0.3 is 18.9 Å². The Bertz CT molecular complexity index is 1650. The van der Waals surface area contributed by atoms with Gasteiger partial charge in [-0.15, -0.1) is 0 Å². The van der Waals surface area contributed by atoms with E-state index in [4.69, 9.17) is 88.6 Å². The van der Waals surface area contributed by atoms with Gasteiger partial charge in [-0.25, -0.2) is 19.2 Å². The summed E-state index contributed by atoms with van der Waals surface area (Å²) in [7, 11) is 0. The Hall–Kier alpha value is -3.50. The number of esters is 4. The fraction of sp³-hybridized carbons (Fsp3) is 0.125. The topological polar surface area (TPSA) is 105 Å². The molecule has 0 radical (unpaired) electrons. The maximum atomic E-state index is 13.0. The van der Waals surface area contributed by atoms with Crippen LogP contribution in [0.2, 0.25) is 30.1 Å². The van der Waals surface area contributed by atoms with Crippen molar-refractivity contribution in [3.8, 4) is 11.5 Å². The summed E-state index contributed by atoms with van der Waals surface area (Å²) in [5.41, 5.74) is 0.757. The molecule has 0 aliphatic heterocycles. The van der Waals surface area contributed by atoms with Gasteiger partial charge in [-0.1, -0.05) is 130 Å². The summed E-state index contributed by atoms with van der Waals surface area (Å²) in [5.74, 6) is -6.66. The number of rotatable bonds is 10. The molecule has 8 nitrogen and oxygen atoms in total. The fourth-order valence-electron chi connectivity index (χ4n) is 3.95. The fourth-order valence-corrected chi connectivity index (χ4v) is 5.39. The molecule has 0 amide bonds. The standard InChI is InChI=1S/C32H20Cl6O8/c33-19-15-21(35)27(23(25(19)37)29(39)43-13-11-17-7-3-1-4-8-17)45-31(41)32(42)46-28-22(36)16-20(34)26(38)24(28)30(40)44-14-12-18-9-5-2-6-10-18/h1-10,15-16H,11-14H2. The number of carbonyl (C=O) groups excluding carboxylic acids is 4. The van der Waals surface area contributed by atoms with Crippen molar-refractivity contribution in [2.75, 3.05) is 13.2 Å². The molecule has 14 heteroatoms. The largest absolute Gasteiger partial charge is 0.462 e. The van der Waals surface area contributed by atoms with Crippen molar-refractivity contribution in [1.82, 2.24) is 0 Å². The molecule has 0 unspecified atom stereocenters. The van der Waals surface area contributed by atoms with Gasteiger partial charge in [0, 0.05) is 12.8 Å². The molecule has 4 aromatic carbocycles. The second kappa shape index (κ2) is 16.4. The lowest BCUT2D eigenvalue weighted by molar-refractivity contribution is -0.156. The Balaban J connectivity index is 1.52. The van der Waals surface area contributed by atoms with Crippen LogP contribution in [-0.2, 0) is 31.9 Å². The van der Waals surface area contributed by atoms with E-state index in [0.717, 1.165) is 23.3 Å². The van der Waals surface area contributed by atoms with Crippen LogP contribution in [0.25, 0.3) is 0 Å². The van der Waals surface area contributed by atoms with Gasteiger partial charge in [0.25, 0.3) is 0 Å². The summed E-state index contributed by atoms with van der Waals surface area (Å²) >= 11 is 37.1. The van der Waals surface area contributed by atoms with Crippen LogP contribution in [0.15, 0.2) is 72.8 Å². The number of hydrogen-bond acceptors (Lipinski definition) is 8. The van der Waals surface area contributed by atoms with E-state index in [1.54, 1.807) is 0 Å². The molecule has 0 N–H and O–H groups in total. The van der Waals surface area contributed by atoms with Crippen molar-refractivity contribution in [2.45, 2.75) is 12.8 Å². The first kappa shape index (κ1) is 35.4. The van der Waals surface area contributed by atoms with Crippen LogP contribution in [-0.4, -0.2) is 37.1 Å². The van der Waals surface area contributed by atoms with E-state index in [0.29, 0.717) is 12.8 Å². The molecule has 0 heterocycles. The molecule has 0 aliphatic rings. The van der Waals surface area contributed by atoms with Crippen molar-refractivity contribution in [1.29, 1.82) is 0 Å². The molecular weight excluding hydrogens is 725 g/mol. The van der Waals surface area contributed by atoms with E-state index in [2.05, 4.69) is 0 Å². The zero-order valence-electron chi connectivity index (χ0n) is 23.3. The summed E-state index contributed by atoms with van der Waals surface area (Å²) in [6.45, 7) is -0.141. The van der Waals surface area contributed by atoms with E-state index in [9.17, 15) is 19.2 Å². The van der Waals surface area contributed by atoms with Gasteiger partial charge in [0.15, 0.2) is 11.5 Å². The quantitative estimate of drug-likeness (QED) is 0.0686. The van der Waals surface area contributed by atoms with Gasteiger partial charge >= 0.3 is 23.9 Å². The van der Waals surface area contributed by atoms with Gasteiger partial charge in [-0.05, 0) is 23.3 Å². The number of benzene rings is 4. The SMILES string of the molecule is O=C(Oc1c(Cl)cc(Cl)c(Cl)c1C(=O)OCCc1ccccc1)C(=O)Oc1c(Cl)cc(Cl)c(Cl)c1C(=O)OCCc1ccccc1. The molecule has 0 saturated carbocycles. The Morgan fingerprint density at radius 2 is 0.848 bits per heavy atom. The molecule has 0 fully saturated rings. The monoisotopic (exact) mass is 742 g/mol. The summed E-state index contributed by atoms with van der Waals surface area (Å²) in [4.78, 5) is 51.8. The van der Waals surface area contributed by atoms with Gasteiger partial charge in [-0.2, -0.15) is 0 Å². The lowest BCUT2D eigenvalue weighted by atomic mass is 10.1. The summed E-state index contributed by atoms with van der Waals surface area (Å²) in [6.07, 6.45) is 0.725. The third-order valence-corrected chi connectivity index (χ3v) is 8.29. The lowest BCUT2D eigenvalue weighted by Gasteiger charge is -2.15. The predicted octanol–water partition coefficient (Wildman–Crippen LogP) is 8.92. The zero-order chi connectivity index (χ0) is 33.4. The molecule has 0 spiro atoms. The van der Waals surface area contributed by atoms with E-state index in [-0.39, 0.29) is 43.3 Å². The summed E-state index contributed by atoms with van der Waals surface area (Å²) in [6, 6.07) is 20.5. The molecule has 0 bridgehead atoms. The highest BCUT2D eigenvalue weighted by Crippen LogP contribution is 2.41. The van der Waals surface area contributed by atoms with Crippen LogP contribution < -0.4 is 9.47 Å². The molecule has 0 atom stereocenters. The van der Waals surface area contributed by atoms with Crippen LogP contribution in [0, 0.1) is 0 Å². The minimum Gasteiger partial charge on any atom is -0.462 e. The first-order chi connectivity index (χ1) is 22.0. The highest BCUT2D eigenvalue weighted by atomic mass is 35.5. The number of carbonyl (C=O) groups is 4. The van der Waals surface area contributed by atoms with Gasteiger partial charge in [0.2, 0.25) is 0 Å². The van der Waals surface area contributed by atoms with Gasteiger partial charge in [0.1, 0.15) is 11.1 Å². The van der Waals surface area contributed by atoms with E-state index >= 15 is 0 Å². The maximum absolute atomic E-state index is 13.0. The Labute approximate surface area is 292 Å². The molecule has 238 valence electrons. The Morgan fingerprint density at radius 3 is 1.20 bits per heavy atom. The van der Waals surface area contributed by atoms with Crippen molar-refractivity contribution in [3.05, 3.63) is 125 Å². The minimum absolute atomic E-state index is 0.0706. The minimum atomic E-state index is -1.68. The van der Waals surface area contributed by atoms with Crippen LogP contribution in [0.5, 0.6) is 11.5 Å². The van der Waals surface area contributed by atoms with Crippen LogP contribution in [0.3, 0.4) is 0 Å². The molecular formula is C32H20Cl6O8. The van der Waals surface area contributed by atoms with E-state index < -0.39 is 46.5 Å². The molecule has 0 aliphatic carbocycles. The van der Waals surface area contributed by atoms with E-state index in [1.807, 2.05) is 60.7 Å². The third kappa shape index (κ3) is 8.85. The molecule has 0 saturated heterocycles. The van der Waals surface area contributed by atoms with Gasteiger partial charge in [-0.3, -0.25) is 0 Å². The number of ether oxygens (including phenoxy) is 4. The van der Waals surface area contributed by atoms with Gasteiger partial charge in [0.05, 0.1) is 43.3 Å². The average molecular weight is 745 g/mol. The second-order valence-corrected chi connectivity index (χ2v) is 11.6. The van der Waals surface area contributed by atoms with Crippen molar-refractivity contribution in [2.24, 2.45) is 0 Å². The van der Waals surface area contributed by atoms with Crippen LogP contribution >= 0.6 is 69.6 Å². The first-order valence-electron chi connectivity index (χ1n) is 13.2. The summed E-state index contributed by atoms with van der Waals surface area (Å²) in [5, 5.41) is -1.69. The van der Waals surface area contributed by atoms with Crippen molar-refractivity contribution in [3.63, 3.8) is 0 Å². The highest BCUT2D eigenvalue weighted by Gasteiger charge is 2.32. The highest BCUT2D eigenvalue weighted by molar-refractivity contribution is 6.47. The van der Waals surface area contributed by atoms with E-state index in [1.165, 1.54) is 0 Å². The van der Waals surface area contributed by atoms with Crippen molar-refractivity contribution >= 4 is 93.5 Å². The normalized spacial score (nSPS) is 10.7. The number of hydrogen-bond donors (Lipinski definition) is 0.